The van der Waals surface area contributed by atoms with E-state index < -0.39 is 0 Å². The molecule has 6 nitrogen and oxygen atoms in total. The lowest BCUT2D eigenvalue weighted by Gasteiger charge is -2.02. The van der Waals surface area contributed by atoms with Gasteiger partial charge in [-0.2, -0.15) is 0 Å². The number of hydrogen-bond acceptors (Lipinski definition) is 5. The highest BCUT2D eigenvalue weighted by Crippen LogP contribution is 1.90. The number of rotatable bonds is 7. The molecule has 2 N–H and O–H groups in total. The van der Waals surface area contributed by atoms with Crippen LogP contribution in [0.3, 0.4) is 0 Å². The Balaban J connectivity index is 2.23. The maximum Gasteiger partial charge on any atom is 0.208 e. The molecule has 7 heteroatoms. The molecule has 0 bridgehead atoms. The minimum atomic E-state index is 0.203. The van der Waals surface area contributed by atoms with Gasteiger partial charge in [-0.05, 0) is 0 Å². The van der Waals surface area contributed by atoms with Gasteiger partial charge in [-0.15, -0.1) is 5.10 Å². The maximum absolute atomic E-state index is 5.37. The second kappa shape index (κ2) is 6.44. The van der Waals surface area contributed by atoms with Gasteiger partial charge in [-0.3, -0.25) is 0 Å². The fourth-order valence-electron chi connectivity index (χ4n) is 0.918. The summed E-state index contributed by atoms with van der Waals surface area (Å²) in [7, 11) is 1.63. The van der Waals surface area contributed by atoms with Gasteiger partial charge in [0.25, 0.3) is 0 Å². The molecule has 0 aliphatic rings. The molecule has 0 radical (unpaired) electrons. The highest BCUT2D eigenvalue weighted by Gasteiger charge is 2.02. The van der Waals surface area contributed by atoms with E-state index in [1.165, 1.54) is 0 Å². The Morgan fingerprint density at radius 2 is 2.33 bits per heavy atom. The summed E-state index contributed by atoms with van der Waals surface area (Å²) < 4.78 is 11.7. The molecule has 1 rings (SSSR count). The summed E-state index contributed by atoms with van der Waals surface area (Å²) in [5.41, 5.74) is 5.37. The van der Waals surface area contributed by atoms with Gasteiger partial charge in [0.15, 0.2) is 0 Å². The van der Waals surface area contributed by atoms with Crippen LogP contribution < -0.4 is 5.73 Å². The highest BCUT2D eigenvalue weighted by atomic mass is 32.1. The molecule has 0 atom stereocenters. The molecular weight excluding hydrogens is 216 g/mol. The normalized spacial score (nSPS) is 10.5. The zero-order valence-corrected chi connectivity index (χ0v) is 9.37. The number of aromatic nitrogens is 3. The number of ether oxygens (including phenoxy) is 2. The van der Waals surface area contributed by atoms with E-state index in [0.29, 0.717) is 32.2 Å². The van der Waals surface area contributed by atoms with Gasteiger partial charge in [0.05, 0.1) is 26.4 Å². The zero-order chi connectivity index (χ0) is 11.1. The summed E-state index contributed by atoms with van der Waals surface area (Å²) in [6, 6.07) is 0. The Labute approximate surface area is 93.4 Å². The first-order valence-corrected chi connectivity index (χ1v) is 4.91. The number of thiocarbonyl (C=S) groups is 1. The molecule has 84 valence electrons. The van der Waals surface area contributed by atoms with E-state index >= 15 is 0 Å². The molecule has 0 spiro atoms. The number of hydrogen-bond donors (Lipinski definition) is 1. The van der Waals surface area contributed by atoms with E-state index in [0.717, 1.165) is 0 Å². The standard InChI is InChI=1S/C8H14N4O2S/c1-13-4-5-14-3-2-12-6-10-8(11-12)7(9)15/h6H,2-5H2,1H3,(H2,9,15). The first kappa shape index (κ1) is 12.0. The van der Waals surface area contributed by atoms with Gasteiger partial charge >= 0.3 is 0 Å². The SMILES string of the molecule is COCCOCCn1cnc(C(N)=S)n1. The van der Waals surface area contributed by atoms with E-state index in [4.69, 9.17) is 27.4 Å². The summed E-state index contributed by atoms with van der Waals surface area (Å²) in [4.78, 5) is 4.14. The molecule has 0 fully saturated rings. The van der Waals surface area contributed by atoms with Crippen molar-refractivity contribution in [3.63, 3.8) is 0 Å². The van der Waals surface area contributed by atoms with E-state index in [2.05, 4.69) is 10.1 Å². The summed E-state index contributed by atoms with van der Waals surface area (Å²) in [5.74, 6) is 0.391. The van der Waals surface area contributed by atoms with Crippen LogP contribution in [0.4, 0.5) is 0 Å². The van der Waals surface area contributed by atoms with E-state index in [9.17, 15) is 0 Å². The summed E-state index contributed by atoms with van der Waals surface area (Å²) in [6.45, 7) is 2.35. The van der Waals surface area contributed by atoms with Crippen molar-refractivity contribution in [3.05, 3.63) is 12.2 Å². The molecule has 1 heterocycles. The van der Waals surface area contributed by atoms with Gasteiger partial charge in [0, 0.05) is 7.11 Å². The third kappa shape index (κ3) is 4.32. The van der Waals surface area contributed by atoms with Gasteiger partial charge in [-0.25, -0.2) is 9.67 Å². The number of methoxy groups -OCH3 is 1. The fraction of sp³-hybridized carbons (Fsp3) is 0.625. The first-order chi connectivity index (χ1) is 7.24. The first-order valence-electron chi connectivity index (χ1n) is 4.50. The molecule has 0 aliphatic carbocycles. The number of nitrogens with two attached hydrogens (primary N) is 1. The van der Waals surface area contributed by atoms with Gasteiger partial charge in [0.2, 0.25) is 5.82 Å². The van der Waals surface area contributed by atoms with Crippen molar-refractivity contribution in [2.45, 2.75) is 6.54 Å². The number of nitrogens with zero attached hydrogens (tertiary/aromatic N) is 3. The maximum atomic E-state index is 5.37. The van der Waals surface area contributed by atoms with Crippen LogP contribution in [0, 0.1) is 0 Å². The smallest absolute Gasteiger partial charge is 0.208 e. The molecule has 0 unspecified atom stereocenters. The Morgan fingerprint density at radius 3 is 2.93 bits per heavy atom. The Bertz CT molecular complexity index is 315. The molecule has 0 aromatic carbocycles. The second-order valence-corrected chi connectivity index (χ2v) is 3.24. The third-order valence-electron chi connectivity index (χ3n) is 1.65. The van der Waals surface area contributed by atoms with Crippen molar-refractivity contribution in [1.82, 2.24) is 14.8 Å². The topological polar surface area (TPSA) is 75.2 Å². The minimum absolute atomic E-state index is 0.203. The van der Waals surface area contributed by atoms with Crippen molar-refractivity contribution < 1.29 is 9.47 Å². The van der Waals surface area contributed by atoms with Gasteiger partial charge in [0.1, 0.15) is 11.3 Å². The van der Waals surface area contributed by atoms with Crippen molar-refractivity contribution in [1.29, 1.82) is 0 Å². The van der Waals surface area contributed by atoms with Crippen molar-refractivity contribution in [3.8, 4) is 0 Å². The van der Waals surface area contributed by atoms with Crippen LogP contribution in [0.25, 0.3) is 0 Å². The van der Waals surface area contributed by atoms with Crippen LogP contribution in [0.2, 0.25) is 0 Å². The van der Waals surface area contributed by atoms with E-state index in [1.807, 2.05) is 0 Å². The van der Waals surface area contributed by atoms with E-state index in [1.54, 1.807) is 18.1 Å². The Morgan fingerprint density at radius 1 is 1.53 bits per heavy atom. The average molecular weight is 230 g/mol. The van der Waals surface area contributed by atoms with Crippen molar-refractivity contribution in [2.24, 2.45) is 5.73 Å². The predicted molar refractivity (Wildman–Crippen MR) is 58.6 cm³/mol. The fourth-order valence-corrected chi connectivity index (χ4v) is 1.01. The summed E-state index contributed by atoms with van der Waals surface area (Å²) in [5, 5.41) is 4.06. The Hall–Kier alpha value is -1.05. The predicted octanol–water partition coefficient (Wildman–Crippen LogP) is -0.425. The largest absolute Gasteiger partial charge is 0.387 e. The van der Waals surface area contributed by atoms with Gasteiger partial charge in [-0.1, -0.05) is 12.2 Å². The molecule has 15 heavy (non-hydrogen) atoms. The van der Waals surface area contributed by atoms with Crippen LogP contribution in [-0.4, -0.2) is 46.7 Å². The molecule has 0 amide bonds. The molecule has 0 saturated carbocycles. The quantitative estimate of drug-likeness (QED) is 0.506. The van der Waals surface area contributed by atoms with Crippen molar-refractivity contribution >= 4 is 17.2 Å². The zero-order valence-electron chi connectivity index (χ0n) is 8.55. The molecule has 1 aromatic heterocycles. The minimum Gasteiger partial charge on any atom is -0.387 e. The lowest BCUT2D eigenvalue weighted by molar-refractivity contribution is 0.0654. The monoisotopic (exact) mass is 230 g/mol. The Kier molecular flexibility index (Phi) is 5.16. The van der Waals surface area contributed by atoms with E-state index in [-0.39, 0.29) is 4.99 Å². The third-order valence-corrected chi connectivity index (χ3v) is 1.84. The summed E-state index contributed by atoms with van der Waals surface area (Å²) in [6.07, 6.45) is 1.58. The molecule has 1 aromatic rings. The lowest BCUT2D eigenvalue weighted by Crippen LogP contribution is -2.13. The van der Waals surface area contributed by atoms with Crippen molar-refractivity contribution in [2.75, 3.05) is 26.9 Å². The second-order valence-electron chi connectivity index (χ2n) is 2.80. The molecule has 0 saturated heterocycles. The molecular formula is C8H14N4O2S. The van der Waals surface area contributed by atoms with Crippen LogP contribution in [0.5, 0.6) is 0 Å². The van der Waals surface area contributed by atoms with Crippen LogP contribution in [-0.2, 0) is 16.0 Å². The summed E-state index contributed by atoms with van der Waals surface area (Å²) >= 11 is 4.74. The highest BCUT2D eigenvalue weighted by molar-refractivity contribution is 7.80. The van der Waals surface area contributed by atoms with Crippen LogP contribution in [0.15, 0.2) is 6.33 Å². The molecule has 0 aliphatic heterocycles. The average Bonchev–Trinajstić information content (AvgIpc) is 2.66. The van der Waals surface area contributed by atoms with Gasteiger partial charge < -0.3 is 15.2 Å². The van der Waals surface area contributed by atoms with Crippen LogP contribution >= 0.6 is 12.2 Å². The van der Waals surface area contributed by atoms with Crippen LogP contribution in [0.1, 0.15) is 5.82 Å². The lowest BCUT2D eigenvalue weighted by atomic mass is 10.6.